The Morgan fingerprint density at radius 2 is 1.14 bits per heavy atom. The Bertz CT molecular complexity index is 2590. The zero-order valence-electron chi connectivity index (χ0n) is 33.0. The summed E-state index contributed by atoms with van der Waals surface area (Å²) in [5, 5.41) is 3.55. The molecule has 5 aliphatic rings. The lowest BCUT2D eigenvalue weighted by Crippen LogP contribution is -2.37. The minimum absolute atomic E-state index is 0.0767. The number of aliphatic imine (C=N–C) groups is 2. The first kappa shape index (κ1) is 34.4. The molecule has 4 unspecified atom stereocenters. The molecular weight excluding hydrogens is 691 g/mol. The van der Waals surface area contributed by atoms with E-state index in [-0.39, 0.29) is 11.6 Å². The molecule has 1 fully saturated rings. The lowest BCUT2D eigenvalue weighted by Gasteiger charge is -2.44. The fourth-order valence-corrected chi connectivity index (χ4v) is 11.5. The first-order valence-corrected chi connectivity index (χ1v) is 21.2. The van der Waals surface area contributed by atoms with Gasteiger partial charge in [0.05, 0.1) is 0 Å². The van der Waals surface area contributed by atoms with Gasteiger partial charge in [-0.1, -0.05) is 179 Å². The lowest BCUT2D eigenvalue weighted by molar-refractivity contribution is 0.201. The maximum Gasteiger partial charge on any atom is 0.169 e. The minimum Gasteiger partial charge on any atom is -0.324 e. The monoisotopic (exact) mass is 739 g/mol. The van der Waals surface area contributed by atoms with Gasteiger partial charge in [-0.2, -0.15) is 0 Å². The molecule has 1 aliphatic heterocycles. The second kappa shape index (κ2) is 13.4. The van der Waals surface area contributed by atoms with E-state index in [9.17, 15) is 0 Å². The third-order valence-corrected chi connectivity index (χ3v) is 14.4. The Balaban J connectivity index is 0.890. The molecule has 6 aromatic rings. The van der Waals surface area contributed by atoms with E-state index in [1.807, 2.05) is 24.3 Å². The molecule has 1 saturated carbocycles. The molecule has 6 aromatic carbocycles. The highest BCUT2D eigenvalue weighted by molar-refractivity contribution is 6.16. The van der Waals surface area contributed by atoms with Gasteiger partial charge in [-0.15, -0.1) is 0 Å². The van der Waals surface area contributed by atoms with Crippen LogP contribution in [0, 0.1) is 11.8 Å². The average Bonchev–Trinajstić information content (AvgIpc) is 3.66. The standard InChI is InChI=1S/C54H49N3/c1-53(2)47-32-41(27-28-43(47)44-34-49-45(33-48(44)53)42-21-10-11-22-46(42)54(49)29-12-5-13-30-54)40-20-14-19-39(31-40)35-23-25-38(26-24-35)52-56-50(36-15-6-3-7-16-36)55-51(57-52)37-17-8-4-9-18-37/h3-4,6-11,14-28,31-32,34,45,48-50H,5,12-13,29-30,33H2,1-2H3,(H,55,56,57). The highest BCUT2D eigenvalue weighted by Crippen LogP contribution is 2.66. The van der Waals surface area contributed by atoms with Crippen LogP contribution in [0.5, 0.6) is 0 Å². The van der Waals surface area contributed by atoms with E-state index in [2.05, 4.69) is 153 Å². The quantitative estimate of drug-likeness (QED) is 0.188. The molecule has 1 spiro atoms. The van der Waals surface area contributed by atoms with Gasteiger partial charge in [0.1, 0.15) is 11.7 Å². The molecule has 57 heavy (non-hydrogen) atoms. The van der Waals surface area contributed by atoms with Gasteiger partial charge in [-0.3, -0.25) is 0 Å². The molecule has 0 aromatic heterocycles. The molecule has 1 N–H and O–H groups in total. The van der Waals surface area contributed by atoms with E-state index in [0.29, 0.717) is 23.2 Å². The smallest absolute Gasteiger partial charge is 0.169 e. The number of nitrogens with one attached hydrogen (secondary N) is 1. The van der Waals surface area contributed by atoms with Crippen LogP contribution >= 0.6 is 0 Å². The van der Waals surface area contributed by atoms with Gasteiger partial charge in [0.2, 0.25) is 0 Å². The number of allylic oxidation sites excluding steroid dienone is 2. The zero-order valence-corrected chi connectivity index (χ0v) is 33.0. The van der Waals surface area contributed by atoms with E-state index in [4.69, 9.17) is 9.98 Å². The summed E-state index contributed by atoms with van der Waals surface area (Å²) in [5.74, 6) is 3.46. The van der Waals surface area contributed by atoms with Crippen molar-refractivity contribution < 1.29 is 0 Å². The number of nitrogens with zero attached hydrogens (tertiary/aromatic N) is 2. The maximum absolute atomic E-state index is 5.08. The summed E-state index contributed by atoms with van der Waals surface area (Å²) in [6.45, 7) is 5.03. The van der Waals surface area contributed by atoms with Crippen molar-refractivity contribution in [3.8, 4) is 22.3 Å². The van der Waals surface area contributed by atoms with Crippen molar-refractivity contribution in [3.63, 3.8) is 0 Å². The molecule has 0 radical (unpaired) electrons. The van der Waals surface area contributed by atoms with Crippen LogP contribution < -0.4 is 5.32 Å². The van der Waals surface area contributed by atoms with Crippen molar-refractivity contribution in [1.29, 1.82) is 0 Å². The summed E-state index contributed by atoms with van der Waals surface area (Å²) in [6, 6.07) is 55.5. The van der Waals surface area contributed by atoms with Crippen molar-refractivity contribution >= 4 is 17.2 Å². The topological polar surface area (TPSA) is 36.8 Å². The molecule has 11 rings (SSSR count). The number of fused-ring (bicyclic) bond motifs is 8. The third-order valence-electron chi connectivity index (χ3n) is 14.4. The summed E-state index contributed by atoms with van der Waals surface area (Å²) in [7, 11) is 0. The van der Waals surface area contributed by atoms with E-state index in [0.717, 1.165) is 28.4 Å². The molecular formula is C54H49N3. The first-order chi connectivity index (χ1) is 28.0. The van der Waals surface area contributed by atoms with Crippen LogP contribution in [0.3, 0.4) is 0 Å². The number of amidine groups is 2. The average molecular weight is 740 g/mol. The van der Waals surface area contributed by atoms with Crippen LogP contribution in [0.4, 0.5) is 0 Å². The minimum atomic E-state index is -0.309. The van der Waals surface area contributed by atoms with Gasteiger partial charge >= 0.3 is 0 Å². The van der Waals surface area contributed by atoms with Crippen LogP contribution in [-0.4, -0.2) is 11.7 Å². The zero-order chi connectivity index (χ0) is 38.1. The number of hydrogen-bond donors (Lipinski definition) is 1. The summed E-state index contributed by atoms with van der Waals surface area (Å²) < 4.78 is 0. The fourth-order valence-electron chi connectivity index (χ4n) is 11.5. The van der Waals surface area contributed by atoms with Crippen molar-refractivity contribution in [2.45, 2.75) is 75.3 Å². The normalized spacial score (nSPS) is 23.6. The predicted octanol–water partition coefficient (Wildman–Crippen LogP) is 12.8. The Kier molecular flexibility index (Phi) is 8.10. The Labute approximate surface area is 337 Å². The molecule has 4 atom stereocenters. The molecule has 3 nitrogen and oxygen atoms in total. The fraction of sp³-hybridized carbons (Fsp3) is 0.259. The molecule has 0 saturated heterocycles. The van der Waals surface area contributed by atoms with E-state index >= 15 is 0 Å². The molecule has 3 heteroatoms. The molecule has 280 valence electrons. The SMILES string of the molecule is CC1(C)c2cc(-c3cccc(-c4ccc(C5=NC(c6ccccc6)N=C(c6ccccc6)N5)cc4)c3)ccc2C2=CC3C(CC21)c1ccccc1C31CCCCC1. The van der Waals surface area contributed by atoms with Gasteiger partial charge in [-0.25, -0.2) is 9.98 Å². The van der Waals surface area contributed by atoms with E-state index < -0.39 is 0 Å². The van der Waals surface area contributed by atoms with Crippen LogP contribution in [0.15, 0.2) is 168 Å². The van der Waals surface area contributed by atoms with Gasteiger partial charge in [0.25, 0.3) is 0 Å². The largest absolute Gasteiger partial charge is 0.324 e. The first-order valence-electron chi connectivity index (χ1n) is 21.2. The summed E-state index contributed by atoms with van der Waals surface area (Å²) in [6.07, 6.45) is 10.6. The van der Waals surface area contributed by atoms with Crippen LogP contribution in [0.2, 0.25) is 0 Å². The predicted molar refractivity (Wildman–Crippen MR) is 236 cm³/mol. The number of benzene rings is 6. The highest BCUT2D eigenvalue weighted by Gasteiger charge is 2.56. The van der Waals surface area contributed by atoms with Crippen molar-refractivity contribution in [1.82, 2.24) is 5.32 Å². The molecule has 4 aliphatic carbocycles. The van der Waals surface area contributed by atoms with Crippen molar-refractivity contribution in [2.75, 3.05) is 0 Å². The van der Waals surface area contributed by atoms with Gasteiger partial charge < -0.3 is 5.32 Å². The Morgan fingerprint density at radius 1 is 0.544 bits per heavy atom. The van der Waals surface area contributed by atoms with Gasteiger partial charge in [-0.05, 0) is 110 Å². The molecule has 0 amide bonds. The summed E-state index contributed by atoms with van der Waals surface area (Å²) in [5.41, 5.74) is 16.5. The van der Waals surface area contributed by atoms with Crippen LogP contribution in [0.1, 0.15) is 103 Å². The number of hydrogen-bond acceptors (Lipinski definition) is 3. The summed E-state index contributed by atoms with van der Waals surface area (Å²) >= 11 is 0. The number of rotatable bonds is 5. The molecule has 1 heterocycles. The maximum atomic E-state index is 5.08. The van der Waals surface area contributed by atoms with E-state index in [1.165, 1.54) is 71.9 Å². The van der Waals surface area contributed by atoms with E-state index in [1.54, 1.807) is 16.7 Å². The second-order valence-corrected chi connectivity index (χ2v) is 17.7. The second-order valence-electron chi connectivity index (χ2n) is 17.7. The van der Waals surface area contributed by atoms with Gasteiger partial charge in [0, 0.05) is 16.5 Å². The van der Waals surface area contributed by atoms with Crippen LogP contribution in [0.25, 0.3) is 27.8 Å². The molecule has 0 bridgehead atoms. The third kappa shape index (κ3) is 5.61. The van der Waals surface area contributed by atoms with Crippen molar-refractivity contribution in [2.24, 2.45) is 21.8 Å². The van der Waals surface area contributed by atoms with Gasteiger partial charge in [0.15, 0.2) is 6.17 Å². The Morgan fingerprint density at radius 3 is 1.89 bits per heavy atom. The lowest BCUT2D eigenvalue weighted by atomic mass is 9.59. The summed E-state index contributed by atoms with van der Waals surface area (Å²) in [4.78, 5) is 10.1. The highest BCUT2D eigenvalue weighted by atomic mass is 15.2. The van der Waals surface area contributed by atoms with Crippen LogP contribution in [-0.2, 0) is 10.8 Å². The van der Waals surface area contributed by atoms with Crippen molar-refractivity contribution in [3.05, 3.63) is 197 Å². The Hall–Kier alpha value is -5.80.